The molecule has 33 heavy (non-hydrogen) atoms. The van der Waals surface area contributed by atoms with Gasteiger partial charge in [0.1, 0.15) is 4.75 Å². The van der Waals surface area contributed by atoms with Crippen LogP contribution in [0.15, 0.2) is 22.7 Å². The number of fused-ring (bicyclic) bond motifs is 1. The highest BCUT2D eigenvalue weighted by molar-refractivity contribution is 9.10. The quantitative estimate of drug-likeness (QED) is 0.373. The largest absolute Gasteiger partial charge is 0.598 e. The Morgan fingerprint density at radius 1 is 1.33 bits per heavy atom. The predicted molar refractivity (Wildman–Crippen MR) is 133 cm³/mol. The molecule has 0 aromatic heterocycles. The van der Waals surface area contributed by atoms with Crippen molar-refractivity contribution in [1.29, 1.82) is 0 Å². The van der Waals surface area contributed by atoms with Crippen LogP contribution in [-0.4, -0.2) is 34.3 Å². The summed E-state index contributed by atoms with van der Waals surface area (Å²) >= 11 is 2.04. The number of hydrogen-bond donors (Lipinski definition) is 1. The topological polar surface area (TPSA) is 70.6 Å². The zero-order valence-electron chi connectivity index (χ0n) is 20.7. The predicted octanol–water partition coefficient (Wildman–Crippen LogP) is 5.57. The molecule has 2 aliphatic carbocycles. The Bertz CT molecular complexity index is 864. The van der Waals surface area contributed by atoms with Crippen LogP contribution in [0, 0.1) is 17.3 Å². The summed E-state index contributed by atoms with van der Waals surface area (Å²) < 4.78 is 42.2. The highest BCUT2D eigenvalue weighted by Gasteiger charge is 2.68. The number of halogens is 2. The second-order valence-electron chi connectivity index (χ2n) is 10.7. The van der Waals surface area contributed by atoms with Crippen LogP contribution in [0.2, 0.25) is 0 Å². The monoisotopic (exact) mass is 545 g/mol. The Kier molecular flexibility index (Phi) is 7.97. The first-order chi connectivity index (χ1) is 15.3. The number of benzene rings is 1. The lowest BCUT2D eigenvalue weighted by Gasteiger charge is -2.52. The van der Waals surface area contributed by atoms with Crippen molar-refractivity contribution in [3.8, 4) is 0 Å². The van der Waals surface area contributed by atoms with Crippen LogP contribution in [0.25, 0.3) is 0 Å². The molecule has 0 saturated heterocycles. The minimum Gasteiger partial charge on any atom is -0.598 e. The average molecular weight is 547 g/mol. The van der Waals surface area contributed by atoms with Gasteiger partial charge in [-0.2, -0.15) is 0 Å². The fourth-order valence-electron chi connectivity index (χ4n) is 5.94. The summed E-state index contributed by atoms with van der Waals surface area (Å²) in [5.41, 5.74) is -0.00998. The molecule has 0 heterocycles. The van der Waals surface area contributed by atoms with Gasteiger partial charge in [0.15, 0.2) is 11.9 Å². The minimum absolute atomic E-state index is 0.00313. The molecule has 8 heteroatoms. The number of esters is 1. The molecule has 1 aromatic carbocycles. The maximum atomic E-state index is 13.9. The van der Waals surface area contributed by atoms with E-state index in [0.717, 1.165) is 15.6 Å². The van der Waals surface area contributed by atoms with E-state index in [-0.39, 0.29) is 24.5 Å². The molecular weight excluding hydrogens is 509 g/mol. The summed E-state index contributed by atoms with van der Waals surface area (Å²) in [4.78, 5) is 13.9. The smallest absolute Gasteiger partial charge is 0.336 e. The Hall–Kier alpha value is -0.670. The van der Waals surface area contributed by atoms with E-state index in [2.05, 4.69) is 34.5 Å². The van der Waals surface area contributed by atoms with Crippen LogP contribution in [0.1, 0.15) is 72.4 Å². The highest BCUT2D eigenvalue weighted by atomic mass is 79.9. The molecule has 2 aliphatic rings. The van der Waals surface area contributed by atoms with Gasteiger partial charge in [0, 0.05) is 21.2 Å². The van der Waals surface area contributed by atoms with Gasteiger partial charge < -0.3 is 14.0 Å². The highest BCUT2D eigenvalue weighted by Crippen LogP contribution is 2.61. The summed E-state index contributed by atoms with van der Waals surface area (Å²) in [7, 11) is 0. The molecule has 4 unspecified atom stereocenters. The van der Waals surface area contributed by atoms with Crippen molar-refractivity contribution in [1.82, 2.24) is 4.72 Å². The Morgan fingerprint density at radius 3 is 2.45 bits per heavy atom. The lowest BCUT2D eigenvalue weighted by atomic mass is 9.56. The summed E-state index contributed by atoms with van der Waals surface area (Å²) in [6.45, 7) is 13.2. The number of hydrogen-bond acceptors (Lipinski definition) is 5. The van der Waals surface area contributed by atoms with Crippen molar-refractivity contribution in [2.75, 3.05) is 6.61 Å². The molecule has 0 radical (unpaired) electrons. The Balaban J connectivity index is 2.20. The molecule has 7 atom stereocenters. The molecule has 1 saturated carbocycles. The van der Waals surface area contributed by atoms with Gasteiger partial charge in [0.05, 0.1) is 12.7 Å². The van der Waals surface area contributed by atoms with E-state index in [1.54, 1.807) is 6.92 Å². The summed E-state index contributed by atoms with van der Waals surface area (Å²) in [6.07, 6.45) is 0.281. The van der Waals surface area contributed by atoms with Crippen LogP contribution >= 0.6 is 15.9 Å². The number of carbonyl (C=O) groups is 1. The number of alkyl halides is 1. The van der Waals surface area contributed by atoms with Crippen LogP contribution in [0.3, 0.4) is 0 Å². The second-order valence-corrected chi connectivity index (χ2v) is 13.6. The van der Waals surface area contributed by atoms with Crippen molar-refractivity contribution < 1.29 is 23.2 Å². The molecule has 1 aromatic rings. The van der Waals surface area contributed by atoms with Crippen LogP contribution in [-0.2, 0) is 37.6 Å². The van der Waals surface area contributed by atoms with E-state index in [4.69, 9.17) is 9.47 Å². The van der Waals surface area contributed by atoms with E-state index in [1.807, 2.05) is 39.0 Å². The SMILES string of the molecule is CCOC(=O)[C@]1(N[S+]([O-])C(C)(C)C)c2cc(Br)ccc2CC12C[C@@H](C)C(OC(C)F)[C@@H](C)C2. The first-order valence-electron chi connectivity index (χ1n) is 11.7. The molecule has 186 valence electrons. The van der Waals surface area contributed by atoms with Gasteiger partial charge in [0.25, 0.3) is 0 Å². The normalized spacial score (nSPS) is 33.6. The van der Waals surface area contributed by atoms with Crippen molar-refractivity contribution >= 4 is 33.3 Å². The van der Waals surface area contributed by atoms with Crippen LogP contribution in [0.4, 0.5) is 4.39 Å². The number of nitrogens with one attached hydrogen (secondary N) is 1. The summed E-state index contributed by atoms with van der Waals surface area (Å²) in [6, 6.07) is 5.96. The van der Waals surface area contributed by atoms with Gasteiger partial charge in [-0.3, -0.25) is 0 Å². The Labute approximate surface area is 209 Å². The molecular formula is C25H37BrFNO4S. The van der Waals surface area contributed by atoms with E-state index < -0.39 is 39.4 Å². The third kappa shape index (κ3) is 4.88. The molecule has 1 fully saturated rings. The third-order valence-corrected chi connectivity index (χ3v) is 9.17. The maximum Gasteiger partial charge on any atom is 0.336 e. The molecule has 5 nitrogen and oxygen atoms in total. The second kappa shape index (κ2) is 9.76. The van der Waals surface area contributed by atoms with Crippen LogP contribution < -0.4 is 4.72 Å². The number of rotatable bonds is 6. The van der Waals surface area contributed by atoms with Gasteiger partial charge in [-0.05, 0) is 89.0 Å². The van der Waals surface area contributed by atoms with Gasteiger partial charge in [-0.15, -0.1) is 4.72 Å². The zero-order valence-corrected chi connectivity index (χ0v) is 23.1. The summed E-state index contributed by atoms with van der Waals surface area (Å²) in [5, 5.41) is 0. The van der Waals surface area contributed by atoms with Crippen molar-refractivity contribution in [2.24, 2.45) is 17.3 Å². The molecule has 1 N–H and O–H groups in total. The lowest BCUT2D eigenvalue weighted by molar-refractivity contribution is -0.173. The van der Waals surface area contributed by atoms with E-state index in [0.29, 0.717) is 19.3 Å². The molecule has 0 bridgehead atoms. The standard InChI is InChI=1S/C25H37BrFNO4S/c1-8-31-22(29)25(28-33(30)23(5,6)7)20-11-19(26)10-9-18(20)14-24(25)12-15(2)21(16(3)13-24)32-17(4)27/h9-11,15-17,21,28H,8,12-14H2,1-7H3/t15-,16+,17?,21?,24?,25-,33?/m1/s1. The van der Waals surface area contributed by atoms with Gasteiger partial charge >= 0.3 is 5.97 Å². The first kappa shape index (κ1) is 26.9. The van der Waals surface area contributed by atoms with Crippen molar-refractivity contribution in [2.45, 2.75) is 90.5 Å². The minimum atomic E-state index is -1.53. The molecule has 0 amide bonds. The van der Waals surface area contributed by atoms with Crippen molar-refractivity contribution in [3.05, 3.63) is 33.8 Å². The van der Waals surface area contributed by atoms with Crippen molar-refractivity contribution in [3.63, 3.8) is 0 Å². The average Bonchev–Trinajstić information content (AvgIpc) is 2.93. The van der Waals surface area contributed by atoms with Gasteiger partial charge in [-0.1, -0.05) is 35.8 Å². The zero-order chi connectivity index (χ0) is 24.8. The van der Waals surface area contributed by atoms with E-state index in [9.17, 15) is 13.7 Å². The lowest BCUT2D eigenvalue weighted by Crippen LogP contribution is -2.65. The van der Waals surface area contributed by atoms with E-state index >= 15 is 0 Å². The third-order valence-electron chi connectivity index (χ3n) is 7.08. The fraction of sp³-hybridized carbons (Fsp3) is 0.720. The fourth-order valence-corrected chi connectivity index (χ4v) is 7.30. The van der Waals surface area contributed by atoms with E-state index in [1.165, 1.54) is 6.92 Å². The maximum absolute atomic E-state index is 13.9. The number of carbonyl (C=O) groups excluding carboxylic acids is 1. The number of ether oxygens (including phenoxy) is 2. The summed E-state index contributed by atoms with van der Waals surface area (Å²) in [5.74, 6) is -0.399. The molecule has 3 rings (SSSR count). The molecule has 0 aliphatic heterocycles. The van der Waals surface area contributed by atoms with Crippen LogP contribution in [0.5, 0.6) is 0 Å². The Morgan fingerprint density at radius 2 is 1.94 bits per heavy atom. The van der Waals surface area contributed by atoms with Gasteiger partial charge in [-0.25, -0.2) is 9.18 Å². The van der Waals surface area contributed by atoms with Gasteiger partial charge in [0.2, 0.25) is 0 Å². The molecule has 1 spiro atoms. The first-order valence-corrected chi connectivity index (χ1v) is 13.7.